The van der Waals surface area contributed by atoms with Gasteiger partial charge in [0.05, 0.1) is 18.7 Å². The van der Waals surface area contributed by atoms with Crippen LogP contribution in [0.15, 0.2) is 30.5 Å². The summed E-state index contributed by atoms with van der Waals surface area (Å²) in [7, 11) is 3.55. The molecule has 0 amide bonds. The summed E-state index contributed by atoms with van der Waals surface area (Å²) in [4.78, 5) is 11.9. The van der Waals surface area contributed by atoms with Crippen molar-refractivity contribution in [3.05, 3.63) is 30.5 Å². The van der Waals surface area contributed by atoms with Gasteiger partial charge in [-0.05, 0) is 36.1 Å². The SMILES string of the molecule is COc1ccc(Nc2nc(NCCN(CC(C)C)CC(C)C)nc3c2cnn3C)cc1. The van der Waals surface area contributed by atoms with Crippen molar-refractivity contribution in [3.63, 3.8) is 0 Å². The average Bonchev–Trinajstić information content (AvgIpc) is 3.09. The minimum atomic E-state index is 0.598. The topological polar surface area (TPSA) is 80.1 Å². The van der Waals surface area contributed by atoms with Crippen molar-refractivity contribution in [1.29, 1.82) is 0 Å². The third-order valence-corrected chi connectivity index (χ3v) is 4.90. The summed E-state index contributed by atoms with van der Waals surface area (Å²) in [5.41, 5.74) is 1.71. The van der Waals surface area contributed by atoms with E-state index < -0.39 is 0 Å². The fraction of sp³-hybridized carbons (Fsp3) is 0.522. The van der Waals surface area contributed by atoms with Crippen LogP contribution >= 0.6 is 0 Å². The first-order valence-electron chi connectivity index (χ1n) is 10.9. The molecule has 31 heavy (non-hydrogen) atoms. The number of hydrogen-bond acceptors (Lipinski definition) is 7. The first-order chi connectivity index (χ1) is 14.9. The molecule has 0 aliphatic heterocycles. The van der Waals surface area contributed by atoms with Crippen LogP contribution in [0.2, 0.25) is 0 Å². The van der Waals surface area contributed by atoms with Crippen LogP contribution in [0.25, 0.3) is 11.0 Å². The van der Waals surface area contributed by atoms with Gasteiger partial charge in [-0.15, -0.1) is 0 Å². The summed E-state index contributed by atoms with van der Waals surface area (Å²) in [6.45, 7) is 13.0. The molecule has 2 aromatic heterocycles. The molecule has 0 aliphatic rings. The molecule has 0 spiro atoms. The number of aryl methyl sites for hydroxylation is 1. The average molecular weight is 426 g/mol. The van der Waals surface area contributed by atoms with E-state index in [9.17, 15) is 0 Å². The van der Waals surface area contributed by atoms with Gasteiger partial charge >= 0.3 is 0 Å². The van der Waals surface area contributed by atoms with E-state index in [1.54, 1.807) is 18.0 Å². The second-order valence-corrected chi connectivity index (χ2v) is 8.73. The normalized spacial score (nSPS) is 11.6. The molecular formula is C23H35N7O. The van der Waals surface area contributed by atoms with E-state index in [4.69, 9.17) is 9.72 Å². The summed E-state index contributed by atoms with van der Waals surface area (Å²) in [6.07, 6.45) is 1.79. The Hall–Kier alpha value is -2.87. The fourth-order valence-electron chi connectivity index (χ4n) is 3.62. The van der Waals surface area contributed by atoms with E-state index in [2.05, 4.69) is 53.3 Å². The smallest absolute Gasteiger partial charge is 0.226 e. The van der Waals surface area contributed by atoms with Crippen molar-refractivity contribution >= 4 is 28.5 Å². The van der Waals surface area contributed by atoms with Gasteiger partial charge in [-0.1, -0.05) is 27.7 Å². The van der Waals surface area contributed by atoms with Crippen molar-refractivity contribution in [2.45, 2.75) is 27.7 Å². The summed E-state index contributed by atoms with van der Waals surface area (Å²) >= 11 is 0. The maximum atomic E-state index is 5.24. The zero-order valence-electron chi connectivity index (χ0n) is 19.5. The molecule has 2 N–H and O–H groups in total. The Morgan fingerprint density at radius 3 is 2.32 bits per heavy atom. The van der Waals surface area contributed by atoms with Crippen LogP contribution < -0.4 is 15.4 Å². The lowest BCUT2D eigenvalue weighted by atomic mass is 10.1. The van der Waals surface area contributed by atoms with Crippen LogP contribution in [-0.4, -0.2) is 57.9 Å². The number of hydrogen-bond donors (Lipinski definition) is 2. The zero-order valence-corrected chi connectivity index (χ0v) is 19.5. The van der Waals surface area contributed by atoms with Crippen LogP contribution in [0.3, 0.4) is 0 Å². The Morgan fingerprint density at radius 2 is 1.71 bits per heavy atom. The summed E-state index contributed by atoms with van der Waals surface area (Å²) in [6, 6.07) is 7.76. The van der Waals surface area contributed by atoms with Crippen LogP contribution in [0.4, 0.5) is 17.5 Å². The van der Waals surface area contributed by atoms with E-state index in [1.165, 1.54) is 0 Å². The van der Waals surface area contributed by atoms with Crippen LogP contribution in [0.5, 0.6) is 5.75 Å². The predicted octanol–water partition coefficient (Wildman–Crippen LogP) is 4.14. The number of aromatic nitrogens is 4. The number of fused-ring (bicyclic) bond motifs is 1. The molecule has 0 saturated heterocycles. The fourth-order valence-corrected chi connectivity index (χ4v) is 3.62. The molecule has 0 unspecified atom stereocenters. The third-order valence-electron chi connectivity index (χ3n) is 4.90. The van der Waals surface area contributed by atoms with E-state index in [0.717, 1.165) is 54.5 Å². The molecule has 0 bridgehead atoms. The highest BCUT2D eigenvalue weighted by atomic mass is 16.5. The van der Waals surface area contributed by atoms with E-state index in [-0.39, 0.29) is 0 Å². The summed E-state index contributed by atoms with van der Waals surface area (Å²) < 4.78 is 7.01. The minimum Gasteiger partial charge on any atom is -0.497 e. The largest absolute Gasteiger partial charge is 0.497 e. The van der Waals surface area contributed by atoms with Gasteiger partial charge < -0.3 is 20.3 Å². The Morgan fingerprint density at radius 1 is 1.03 bits per heavy atom. The van der Waals surface area contributed by atoms with Gasteiger partial charge in [0, 0.05) is 38.9 Å². The number of nitrogens with zero attached hydrogens (tertiary/aromatic N) is 5. The maximum Gasteiger partial charge on any atom is 0.226 e. The first kappa shape index (κ1) is 22.8. The number of ether oxygens (including phenoxy) is 1. The molecular weight excluding hydrogens is 390 g/mol. The van der Waals surface area contributed by atoms with Gasteiger partial charge in [0.1, 0.15) is 11.6 Å². The predicted molar refractivity (Wildman–Crippen MR) is 127 cm³/mol. The molecule has 0 fully saturated rings. The van der Waals surface area contributed by atoms with Crippen molar-refractivity contribution in [3.8, 4) is 5.75 Å². The van der Waals surface area contributed by atoms with Crippen molar-refractivity contribution in [2.24, 2.45) is 18.9 Å². The molecule has 0 saturated carbocycles. The highest BCUT2D eigenvalue weighted by Gasteiger charge is 2.13. The van der Waals surface area contributed by atoms with Crippen LogP contribution in [0, 0.1) is 11.8 Å². The maximum absolute atomic E-state index is 5.24. The lowest BCUT2D eigenvalue weighted by Crippen LogP contribution is -2.35. The number of methoxy groups -OCH3 is 1. The molecule has 0 aliphatic carbocycles. The van der Waals surface area contributed by atoms with Gasteiger partial charge in [-0.25, -0.2) is 0 Å². The van der Waals surface area contributed by atoms with Gasteiger partial charge in [0.25, 0.3) is 0 Å². The third kappa shape index (κ3) is 6.30. The molecule has 2 heterocycles. The Bertz CT molecular complexity index is 956. The van der Waals surface area contributed by atoms with Crippen molar-refractivity contribution < 1.29 is 4.74 Å². The second kappa shape index (κ2) is 10.4. The number of anilines is 3. The van der Waals surface area contributed by atoms with Gasteiger partial charge in [0.2, 0.25) is 5.95 Å². The van der Waals surface area contributed by atoms with Gasteiger partial charge in [-0.2, -0.15) is 15.1 Å². The molecule has 168 valence electrons. The standard InChI is InChI=1S/C23H35N7O/c1-16(2)14-30(15-17(3)4)12-11-24-23-27-21(20-13-25-29(5)22(20)28-23)26-18-7-9-19(31-6)10-8-18/h7-10,13,16-17H,11-12,14-15H2,1-6H3,(H2,24,26,27,28). The zero-order chi connectivity index (χ0) is 22.4. The number of benzene rings is 1. The van der Waals surface area contributed by atoms with Gasteiger partial charge in [-0.3, -0.25) is 4.68 Å². The quantitative estimate of drug-likeness (QED) is 0.478. The van der Waals surface area contributed by atoms with Crippen molar-refractivity contribution in [2.75, 3.05) is 43.9 Å². The second-order valence-electron chi connectivity index (χ2n) is 8.73. The summed E-state index contributed by atoms with van der Waals surface area (Å²) in [5.74, 6) is 3.42. The molecule has 0 radical (unpaired) electrons. The Labute approximate surface area is 185 Å². The first-order valence-corrected chi connectivity index (χ1v) is 10.9. The molecule has 1 aromatic carbocycles. The van der Waals surface area contributed by atoms with E-state index >= 15 is 0 Å². The lowest BCUT2D eigenvalue weighted by Gasteiger charge is -2.26. The molecule has 8 heteroatoms. The Balaban J connectivity index is 1.75. The molecule has 3 rings (SSSR count). The highest BCUT2D eigenvalue weighted by Crippen LogP contribution is 2.26. The Kier molecular flexibility index (Phi) is 7.68. The molecule has 8 nitrogen and oxygen atoms in total. The van der Waals surface area contributed by atoms with Gasteiger partial charge in [0.15, 0.2) is 5.65 Å². The molecule has 3 aromatic rings. The number of nitrogens with one attached hydrogen (secondary N) is 2. The van der Waals surface area contributed by atoms with Crippen LogP contribution in [0.1, 0.15) is 27.7 Å². The summed E-state index contributed by atoms with van der Waals surface area (Å²) in [5, 5.41) is 12.0. The molecule has 0 atom stereocenters. The van der Waals surface area contributed by atoms with Crippen LogP contribution in [-0.2, 0) is 7.05 Å². The van der Waals surface area contributed by atoms with E-state index in [1.807, 2.05) is 31.3 Å². The monoisotopic (exact) mass is 425 g/mol. The highest BCUT2D eigenvalue weighted by molar-refractivity contribution is 5.89. The number of rotatable bonds is 11. The lowest BCUT2D eigenvalue weighted by molar-refractivity contribution is 0.227. The minimum absolute atomic E-state index is 0.598. The van der Waals surface area contributed by atoms with Crippen molar-refractivity contribution in [1.82, 2.24) is 24.6 Å². The van der Waals surface area contributed by atoms with E-state index in [0.29, 0.717) is 17.8 Å².